The maximum Gasteiger partial charge on any atom is 0.265 e. The first-order chi connectivity index (χ1) is 6.95. The summed E-state index contributed by atoms with van der Waals surface area (Å²) in [5.74, 6) is 8.27. The van der Waals surface area contributed by atoms with Crippen LogP contribution in [-0.2, 0) is 4.79 Å². The van der Waals surface area contributed by atoms with Gasteiger partial charge in [0.1, 0.15) is 18.3 Å². The van der Waals surface area contributed by atoms with Gasteiger partial charge in [-0.3, -0.25) is 10.2 Å². The zero-order valence-corrected chi connectivity index (χ0v) is 7.69. The lowest BCUT2D eigenvalue weighted by Crippen LogP contribution is -2.52. The summed E-state index contributed by atoms with van der Waals surface area (Å²) in [5, 5.41) is 39.5. The highest BCUT2D eigenvalue weighted by molar-refractivity contribution is 5.80. The van der Waals surface area contributed by atoms with Crippen LogP contribution in [0.4, 0.5) is 0 Å². The number of hydrogen-bond donors (Lipinski definition) is 7. The molecule has 9 nitrogen and oxygen atoms in total. The van der Waals surface area contributed by atoms with Crippen LogP contribution in [0.25, 0.3) is 0 Å². The molecule has 0 radical (unpaired) electrons. The average molecular weight is 222 g/mol. The van der Waals surface area contributed by atoms with Gasteiger partial charge in [-0.25, -0.2) is 5.84 Å². The van der Waals surface area contributed by atoms with E-state index < -0.39 is 30.3 Å². The number of nitrogens with zero attached hydrogens (tertiary/aromatic N) is 1. The van der Waals surface area contributed by atoms with Gasteiger partial charge in [0.05, 0.1) is 6.21 Å². The second-order valence-corrected chi connectivity index (χ2v) is 2.72. The Bertz CT molecular complexity index is 236. The van der Waals surface area contributed by atoms with Gasteiger partial charge in [0.15, 0.2) is 6.10 Å². The maximum atomic E-state index is 10.7. The van der Waals surface area contributed by atoms with Crippen LogP contribution in [0.3, 0.4) is 0 Å². The number of nitrogens with one attached hydrogen (secondary N) is 1. The number of carbonyl (C=O) groups excluding carboxylic acids is 1. The highest BCUT2D eigenvalue weighted by Gasteiger charge is 2.33. The van der Waals surface area contributed by atoms with Gasteiger partial charge in [-0.2, -0.15) is 5.10 Å². The number of hydrogen-bond acceptors (Lipinski definition) is 8. The first-order valence-electron chi connectivity index (χ1n) is 3.91. The molecule has 1 amide bonds. The molecule has 0 aliphatic rings. The molecule has 0 unspecified atom stereocenters. The second kappa shape index (κ2) is 6.27. The third kappa shape index (κ3) is 3.77. The molecule has 9 N–H and O–H groups in total. The molecule has 4 atom stereocenters. The Hall–Kier alpha value is -1.26. The minimum absolute atomic E-state index is 0.737. The molecule has 15 heavy (non-hydrogen) atoms. The molecule has 0 rings (SSSR count). The van der Waals surface area contributed by atoms with E-state index in [1.165, 1.54) is 0 Å². The first-order valence-corrected chi connectivity index (χ1v) is 3.91. The lowest BCUT2D eigenvalue weighted by molar-refractivity contribution is -0.144. The van der Waals surface area contributed by atoms with E-state index in [1.807, 2.05) is 0 Å². The van der Waals surface area contributed by atoms with Crippen LogP contribution < -0.4 is 17.1 Å². The number of rotatable bonds is 5. The molecule has 0 aromatic rings. The number of aliphatic hydroxyl groups excluding tert-OH is 4. The number of hydrazine groups is 1. The molecular weight excluding hydrogens is 208 g/mol. The number of hydrazone groups is 1. The third-order valence-electron chi connectivity index (χ3n) is 1.67. The minimum atomic E-state index is -1.97. The fourth-order valence-electron chi connectivity index (χ4n) is 0.806. The van der Waals surface area contributed by atoms with Crippen LogP contribution in [0.2, 0.25) is 0 Å². The van der Waals surface area contributed by atoms with E-state index in [4.69, 9.17) is 10.2 Å². The molecule has 0 bridgehead atoms. The molecule has 0 aliphatic carbocycles. The van der Waals surface area contributed by atoms with Gasteiger partial charge in [-0.15, -0.1) is 0 Å². The Morgan fingerprint density at radius 1 is 1.27 bits per heavy atom. The lowest BCUT2D eigenvalue weighted by atomic mass is 10.0. The van der Waals surface area contributed by atoms with Crippen molar-refractivity contribution in [3.63, 3.8) is 0 Å². The number of nitrogens with two attached hydrogens (primary N) is 2. The van der Waals surface area contributed by atoms with Crippen molar-refractivity contribution in [1.82, 2.24) is 5.43 Å². The van der Waals surface area contributed by atoms with Gasteiger partial charge in [0.25, 0.3) is 5.91 Å². The van der Waals surface area contributed by atoms with Crippen molar-refractivity contribution in [3.8, 4) is 0 Å². The van der Waals surface area contributed by atoms with Crippen LogP contribution in [-0.4, -0.2) is 57.0 Å². The van der Waals surface area contributed by atoms with Crippen molar-refractivity contribution >= 4 is 12.1 Å². The Kier molecular flexibility index (Phi) is 5.74. The highest BCUT2D eigenvalue weighted by Crippen LogP contribution is 2.04. The molecule has 0 aliphatic heterocycles. The molecular formula is C6H14N4O5. The van der Waals surface area contributed by atoms with Crippen LogP contribution in [0.1, 0.15) is 0 Å². The van der Waals surface area contributed by atoms with E-state index in [0.29, 0.717) is 0 Å². The fourth-order valence-corrected chi connectivity index (χ4v) is 0.806. The van der Waals surface area contributed by atoms with Gasteiger partial charge >= 0.3 is 0 Å². The summed E-state index contributed by atoms with van der Waals surface area (Å²) in [5.41, 5.74) is 1.57. The monoisotopic (exact) mass is 222 g/mol. The summed E-state index contributed by atoms with van der Waals surface area (Å²) in [6.07, 6.45) is -6.57. The molecule has 0 aromatic carbocycles. The van der Waals surface area contributed by atoms with E-state index in [0.717, 1.165) is 6.21 Å². The van der Waals surface area contributed by atoms with Crippen molar-refractivity contribution in [2.24, 2.45) is 16.8 Å². The van der Waals surface area contributed by atoms with Crippen molar-refractivity contribution in [2.75, 3.05) is 0 Å². The van der Waals surface area contributed by atoms with E-state index in [2.05, 4.69) is 16.8 Å². The maximum absolute atomic E-state index is 10.7. The predicted octanol–water partition coefficient (Wildman–Crippen LogP) is -4.64. The van der Waals surface area contributed by atoms with Gasteiger partial charge in [0.2, 0.25) is 0 Å². The summed E-state index contributed by atoms with van der Waals surface area (Å²) in [6.45, 7) is 0. The first kappa shape index (κ1) is 13.7. The second-order valence-electron chi connectivity index (χ2n) is 2.72. The molecule has 0 spiro atoms. The van der Waals surface area contributed by atoms with E-state index in [9.17, 15) is 15.0 Å². The Morgan fingerprint density at radius 3 is 2.20 bits per heavy atom. The Balaban J connectivity index is 4.42. The van der Waals surface area contributed by atoms with Gasteiger partial charge in [0, 0.05) is 0 Å². The molecule has 9 heteroatoms. The number of amides is 1. The summed E-state index contributed by atoms with van der Waals surface area (Å²) in [6, 6.07) is 0. The average Bonchev–Trinajstić information content (AvgIpc) is 2.25. The highest BCUT2D eigenvalue weighted by atomic mass is 16.4. The summed E-state index contributed by atoms with van der Waals surface area (Å²) in [4.78, 5) is 10.7. The minimum Gasteiger partial charge on any atom is -0.387 e. The third-order valence-corrected chi connectivity index (χ3v) is 1.67. The predicted molar refractivity (Wildman–Crippen MR) is 49.0 cm³/mol. The Morgan fingerprint density at radius 2 is 1.80 bits per heavy atom. The SMILES string of the molecule is NN=C[C@@H](O)[C@@H](O)[C@H](O)[C@H](O)C(=O)NN. The standard InChI is InChI=1S/C6H14N4O5/c7-9-1-2(11)3(12)4(13)5(14)6(15)10-8/h1-5,11-14H,7-8H2,(H,10,15)/t2-,3-,4+,5+/m1/s1. The van der Waals surface area contributed by atoms with E-state index in [-0.39, 0.29) is 0 Å². The van der Waals surface area contributed by atoms with Gasteiger partial charge in [-0.1, -0.05) is 0 Å². The largest absolute Gasteiger partial charge is 0.387 e. The van der Waals surface area contributed by atoms with Crippen LogP contribution in [0.15, 0.2) is 5.10 Å². The summed E-state index contributed by atoms with van der Waals surface area (Å²) >= 11 is 0. The van der Waals surface area contributed by atoms with Gasteiger partial charge < -0.3 is 26.3 Å². The summed E-state index contributed by atoms with van der Waals surface area (Å²) in [7, 11) is 0. The van der Waals surface area contributed by atoms with Crippen LogP contribution in [0, 0.1) is 0 Å². The normalized spacial score (nSPS) is 19.5. The zero-order valence-electron chi connectivity index (χ0n) is 7.69. The summed E-state index contributed by atoms with van der Waals surface area (Å²) < 4.78 is 0. The quantitative estimate of drug-likeness (QED) is 0.106. The Labute approximate surface area is 85.0 Å². The van der Waals surface area contributed by atoms with Crippen LogP contribution in [0.5, 0.6) is 0 Å². The topological polar surface area (TPSA) is 174 Å². The molecule has 0 heterocycles. The number of carbonyl (C=O) groups is 1. The van der Waals surface area contributed by atoms with Gasteiger partial charge in [-0.05, 0) is 0 Å². The van der Waals surface area contributed by atoms with Crippen molar-refractivity contribution in [3.05, 3.63) is 0 Å². The molecule has 88 valence electrons. The molecule has 0 saturated heterocycles. The molecule has 0 saturated carbocycles. The van der Waals surface area contributed by atoms with E-state index >= 15 is 0 Å². The lowest BCUT2D eigenvalue weighted by Gasteiger charge is -2.23. The van der Waals surface area contributed by atoms with E-state index in [1.54, 1.807) is 5.43 Å². The zero-order chi connectivity index (χ0) is 12.0. The number of aliphatic hydroxyl groups is 4. The smallest absolute Gasteiger partial charge is 0.265 e. The molecule has 0 fully saturated rings. The van der Waals surface area contributed by atoms with Crippen molar-refractivity contribution in [1.29, 1.82) is 0 Å². The van der Waals surface area contributed by atoms with Crippen molar-refractivity contribution in [2.45, 2.75) is 24.4 Å². The van der Waals surface area contributed by atoms with Crippen molar-refractivity contribution < 1.29 is 25.2 Å². The fraction of sp³-hybridized carbons (Fsp3) is 0.667. The molecule has 0 aromatic heterocycles. The van der Waals surface area contributed by atoms with Crippen LogP contribution >= 0.6 is 0 Å².